The number of rotatable bonds is 11. The van der Waals surface area contributed by atoms with E-state index in [9.17, 15) is 0 Å². The molecule has 5 rings (SSSR count). The Morgan fingerprint density at radius 1 is 0.420 bits per heavy atom. The van der Waals surface area contributed by atoms with Gasteiger partial charge in [-0.1, -0.05) is 216 Å². The molecule has 0 nitrogen and oxygen atoms in total. The Bertz CT molecular complexity index is 1610. The van der Waals surface area contributed by atoms with Gasteiger partial charge in [-0.3, -0.25) is 0 Å². The summed E-state index contributed by atoms with van der Waals surface area (Å²) < 4.78 is 0. The van der Waals surface area contributed by atoms with Crippen molar-refractivity contribution >= 4 is 90.1 Å². The molecule has 1 saturated carbocycles. The van der Waals surface area contributed by atoms with Crippen molar-refractivity contribution < 1.29 is 0 Å². The first-order chi connectivity index (χ1) is 23.3. The zero-order chi connectivity index (χ0) is 36.5. The van der Waals surface area contributed by atoms with Gasteiger partial charge in [-0.05, 0) is 67.0 Å². The van der Waals surface area contributed by atoms with E-state index in [1.54, 1.807) is 26.1 Å². The Labute approximate surface area is 313 Å². The molecule has 4 aromatic rings. The standard InChI is InChI=1S/C44H64P2Si4/c1-47(2,3)40-26-18-36(19-27-40)45(37-20-28-41(29-21-37)48(4,5)6)34-44(35-16-14-13-15-17-35)46(38-22-30-42(31-23-38)49(7,8)9)39-24-32-43(33-25-39)50(10,11)12/h18-35H,13-17H2,1-12H3/b44-34-. The molecule has 50 heavy (non-hydrogen) atoms. The number of hydrogen-bond acceptors (Lipinski definition) is 0. The van der Waals surface area contributed by atoms with Crippen LogP contribution in [0.3, 0.4) is 0 Å². The highest BCUT2D eigenvalue weighted by Gasteiger charge is 2.30. The predicted octanol–water partition coefficient (Wildman–Crippen LogP) is 9.85. The minimum atomic E-state index is -1.40. The third-order valence-electron chi connectivity index (χ3n) is 10.5. The molecule has 0 saturated heterocycles. The van der Waals surface area contributed by atoms with Crippen LogP contribution in [0.15, 0.2) is 108 Å². The third-order valence-corrected chi connectivity index (χ3v) is 23.9. The van der Waals surface area contributed by atoms with Crippen LogP contribution in [0, 0.1) is 5.92 Å². The maximum absolute atomic E-state index is 2.85. The van der Waals surface area contributed by atoms with Gasteiger partial charge in [0.15, 0.2) is 0 Å². The summed E-state index contributed by atoms with van der Waals surface area (Å²) in [7, 11) is -6.95. The minimum absolute atomic E-state index is 0.635. The fraction of sp³-hybridized carbons (Fsp3) is 0.409. The van der Waals surface area contributed by atoms with Gasteiger partial charge < -0.3 is 0 Å². The first-order valence-electron chi connectivity index (χ1n) is 19.1. The van der Waals surface area contributed by atoms with Crippen LogP contribution in [0.1, 0.15) is 32.1 Å². The molecule has 0 N–H and O–H groups in total. The molecule has 0 amide bonds. The molecule has 6 heteroatoms. The lowest BCUT2D eigenvalue weighted by molar-refractivity contribution is 0.414. The van der Waals surface area contributed by atoms with Crippen molar-refractivity contribution in [3.8, 4) is 0 Å². The Kier molecular flexibility index (Phi) is 12.5. The van der Waals surface area contributed by atoms with Gasteiger partial charge in [-0.25, -0.2) is 0 Å². The van der Waals surface area contributed by atoms with Gasteiger partial charge in [0, 0.05) is 0 Å². The summed E-state index contributed by atoms with van der Waals surface area (Å²) in [6.07, 6.45) is 6.71. The molecule has 0 aromatic heterocycles. The number of hydrogen-bond donors (Lipinski definition) is 0. The second kappa shape index (κ2) is 15.8. The molecule has 0 unspecified atom stereocenters. The molecular formula is C44H64P2Si4. The number of allylic oxidation sites excluding steroid dienone is 1. The van der Waals surface area contributed by atoms with Crippen LogP contribution >= 0.6 is 15.8 Å². The molecule has 4 aromatic carbocycles. The minimum Gasteiger partial charge on any atom is -0.0656 e. The van der Waals surface area contributed by atoms with Gasteiger partial charge in [0.1, 0.15) is 0 Å². The monoisotopic (exact) mass is 766 g/mol. The first kappa shape index (κ1) is 39.6. The zero-order valence-corrected chi connectivity index (χ0v) is 39.1. The van der Waals surface area contributed by atoms with Gasteiger partial charge in [-0.2, -0.15) is 0 Å². The first-order valence-corrected chi connectivity index (χ1v) is 35.8. The Balaban J connectivity index is 1.75. The van der Waals surface area contributed by atoms with Crippen molar-refractivity contribution in [2.24, 2.45) is 5.92 Å². The molecule has 1 fully saturated rings. The topological polar surface area (TPSA) is 0 Å². The quantitative estimate of drug-likeness (QED) is 0.105. The van der Waals surface area contributed by atoms with E-state index in [1.807, 2.05) is 0 Å². The molecule has 1 aliphatic carbocycles. The van der Waals surface area contributed by atoms with E-state index in [0.717, 1.165) is 0 Å². The molecule has 1 aliphatic rings. The largest absolute Gasteiger partial charge is 0.0775 e. The van der Waals surface area contributed by atoms with Crippen LogP contribution in [0.2, 0.25) is 78.6 Å². The molecule has 0 aliphatic heterocycles. The smallest absolute Gasteiger partial charge is 0.0656 e. The molecule has 0 bridgehead atoms. The van der Waals surface area contributed by atoms with Crippen LogP contribution < -0.4 is 42.0 Å². The second-order valence-electron chi connectivity index (χ2n) is 18.8. The van der Waals surface area contributed by atoms with Crippen molar-refractivity contribution in [3.63, 3.8) is 0 Å². The van der Waals surface area contributed by atoms with Gasteiger partial charge >= 0.3 is 0 Å². The van der Waals surface area contributed by atoms with Crippen molar-refractivity contribution in [1.82, 2.24) is 0 Å². The Morgan fingerprint density at radius 2 is 0.700 bits per heavy atom. The maximum Gasteiger partial charge on any atom is 0.0775 e. The third kappa shape index (κ3) is 9.85. The van der Waals surface area contributed by atoms with Crippen LogP contribution in [0.4, 0.5) is 0 Å². The van der Waals surface area contributed by atoms with Gasteiger partial charge in [0.05, 0.1) is 32.3 Å². The average Bonchev–Trinajstić information content (AvgIpc) is 3.06. The fourth-order valence-electron chi connectivity index (χ4n) is 7.09. The summed E-state index contributed by atoms with van der Waals surface area (Å²) >= 11 is 0. The molecule has 0 radical (unpaired) electrons. The van der Waals surface area contributed by atoms with Crippen LogP contribution in [0.25, 0.3) is 0 Å². The fourth-order valence-corrected chi connectivity index (χ4v) is 17.0. The summed E-state index contributed by atoms with van der Waals surface area (Å²) in [6.45, 7) is 29.6. The van der Waals surface area contributed by atoms with E-state index in [1.165, 1.54) is 53.3 Å². The SMILES string of the molecule is C[Si](C)(C)c1ccc(P(/C=C(/C2CCCCC2)P(c2ccc([Si](C)(C)C)cc2)c2ccc([Si](C)(C)C)cc2)c2ccc([Si](C)(C)C)cc2)cc1. The highest BCUT2D eigenvalue weighted by Crippen LogP contribution is 2.54. The summed E-state index contributed by atoms with van der Waals surface area (Å²) in [5.41, 5.74) is 0. The lowest BCUT2D eigenvalue weighted by atomic mass is 9.89. The van der Waals surface area contributed by atoms with E-state index >= 15 is 0 Å². The van der Waals surface area contributed by atoms with E-state index < -0.39 is 48.1 Å². The molecule has 0 heterocycles. The van der Waals surface area contributed by atoms with E-state index in [0.29, 0.717) is 5.92 Å². The van der Waals surface area contributed by atoms with E-state index in [2.05, 4.69) is 181 Å². The second-order valence-corrected chi connectivity index (χ2v) is 43.3. The molecule has 266 valence electrons. The summed E-state index contributed by atoms with van der Waals surface area (Å²) in [4.78, 5) is 0. The van der Waals surface area contributed by atoms with Crippen molar-refractivity contribution in [3.05, 3.63) is 108 Å². The lowest BCUT2D eigenvalue weighted by Crippen LogP contribution is -2.38. The number of benzene rings is 4. The van der Waals surface area contributed by atoms with Gasteiger partial charge in [-0.15, -0.1) is 0 Å². The van der Waals surface area contributed by atoms with Gasteiger partial charge in [0.2, 0.25) is 0 Å². The molecule has 0 atom stereocenters. The van der Waals surface area contributed by atoms with Crippen LogP contribution in [0.5, 0.6) is 0 Å². The Hall–Kier alpha value is -1.65. The molecular weight excluding hydrogens is 703 g/mol. The highest BCUT2D eigenvalue weighted by atomic mass is 31.1. The predicted molar refractivity (Wildman–Crippen MR) is 245 cm³/mol. The summed E-state index contributed by atoms with van der Waals surface area (Å²) in [5.74, 6) is 3.49. The van der Waals surface area contributed by atoms with Crippen molar-refractivity contribution in [2.45, 2.75) is 111 Å². The average molecular weight is 767 g/mol. The van der Waals surface area contributed by atoms with Crippen molar-refractivity contribution in [2.75, 3.05) is 0 Å². The lowest BCUT2D eigenvalue weighted by Gasteiger charge is -2.33. The highest BCUT2D eigenvalue weighted by molar-refractivity contribution is 7.80. The summed E-state index contributed by atoms with van der Waals surface area (Å²) in [5, 5.41) is 14.0. The summed E-state index contributed by atoms with van der Waals surface area (Å²) in [6, 6.07) is 39.9. The van der Waals surface area contributed by atoms with Crippen LogP contribution in [-0.4, -0.2) is 32.3 Å². The maximum atomic E-state index is 2.85. The van der Waals surface area contributed by atoms with Crippen molar-refractivity contribution in [1.29, 1.82) is 0 Å². The molecule has 0 spiro atoms. The van der Waals surface area contributed by atoms with E-state index in [-0.39, 0.29) is 0 Å². The van der Waals surface area contributed by atoms with E-state index in [4.69, 9.17) is 0 Å². The zero-order valence-electron chi connectivity index (χ0n) is 33.3. The Morgan fingerprint density at radius 3 is 0.980 bits per heavy atom. The van der Waals surface area contributed by atoms with Crippen LogP contribution in [-0.2, 0) is 0 Å². The van der Waals surface area contributed by atoms with Gasteiger partial charge in [0.25, 0.3) is 0 Å². The normalized spacial score (nSPS) is 15.6.